The van der Waals surface area contributed by atoms with Gasteiger partial charge < -0.3 is 0 Å². The zero-order chi connectivity index (χ0) is 9.90. The molecular formula is C11H20OSi. The van der Waals surface area contributed by atoms with E-state index in [9.17, 15) is 4.79 Å². The molecule has 0 saturated heterocycles. The summed E-state index contributed by atoms with van der Waals surface area (Å²) < 4.78 is 0. The third-order valence-electron chi connectivity index (χ3n) is 2.34. The smallest absolute Gasteiger partial charge is 0.133 e. The topological polar surface area (TPSA) is 17.1 Å². The molecule has 0 saturated carbocycles. The number of carbonyl (C=O) groups is 1. The Balaban J connectivity index is 2.51. The number of carbonyl (C=O) groups excluding carboxylic acids is 1. The summed E-state index contributed by atoms with van der Waals surface area (Å²) in [7, 11) is -0.969. The lowest BCUT2D eigenvalue weighted by atomic mass is 10.1. The molecule has 0 N–H and O–H groups in total. The van der Waals surface area contributed by atoms with Crippen molar-refractivity contribution in [2.45, 2.75) is 51.4 Å². The van der Waals surface area contributed by atoms with Crippen molar-refractivity contribution in [1.29, 1.82) is 0 Å². The fraction of sp³-hybridized carbons (Fsp3) is 0.727. The Hall–Kier alpha value is -0.373. The van der Waals surface area contributed by atoms with Crippen molar-refractivity contribution < 1.29 is 4.79 Å². The Morgan fingerprint density at radius 3 is 2.54 bits per heavy atom. The van der Waals surface area contributed by atoms with Gasteiger partial charge in [-0.15, -0.1) is 0 Å². The monoisotopic (exact) mass is 196 g/mol. The molecular weight excluding hydrogens is 176 g/mol. The van der Waals surface area contributed by atoms with Crippen LogP contribution in [0.2, 0.25) is 25.7 Å². The number of Topliss-reactive ketones (excluding diaryl/α,β-unsaturated/α-hetero) is 1. The van der Waals surface area contributed by atoms with Gasteiger partial charge >= 0.3 is 0 Å². The quantitative estimate of drug-likeness (QED) is 0.489. The van der Waals surface area contributed by atoms with E-state index in [1.165, 1.54) is 6.04 Å². The number of allylic oxidation sites excluding steroid dienone is 2. The highest BCUT2D eigenvalue weighted by atomic mass is 28.3. The molecule has 0 heterocycles. The highest BCUT2D eigenvalue weighted by molar-refractivity contribution is 6.76. The number of hydrogen-bond donors (Lipinski definition) is 0. The second-order valence-electron chi connectivity index (χ2n) is 5.18. The molecule has 0 unspecified atom stereocenters. The Labute approximate surface area is 82.2 Å². The third kappa shape index (κ3) is 4.41. The predicted molar refractivity (Wildman–Crippen MR) is 59.7 cm³/mol. The molecule has 1 aliphatic rings. The summed E-state index contributed by atoms with van der Waals surface area (Å²) >= 11 is 0. The van der Waals surface area contributed by atoms with E-state index in [0.29, 0.717) is 5.78 Å². The summed E-state index contributed by atoms with van der Waals surface area (Å²) in [5.41, 5.74) is 1.55. The van der Waals surface area contributed by atoms with E-state index in [4.69, 9.17) is 0 Å². The molecule has 2 heteroatoms. The second kappa shape index (κ2) is 4.23. The van der Waals surface area contributed by atoms with Crippen molar-refractivity contribution in [3.8, 4) is 0 Å². The largest absolute Gasteiger partial charge is 0.300 e. The first-order valence-electron chi connectivity index (χ1n) is 5.17. The van der Waals surface area contributed by atoms with E-state index in [-0.39, 0.29) is 0 Å². The number of hydrogen-bond acceptors (Lipinski definition) is 1. The second-order valence-corrected chi connectivity index (χ2v) is 10.7. The molecule has 0 bridgehead atoms. The van der Waals surface area contributed by atoms with Gasteiger partial charge in [-0.3, -0.25) is 4.79 Å². The van der Waals surface area contributed by atoms with Crippen LogP contribution in [0.15, 0.2) is 11.6 Å². The Bertz CT molecular complexity index is 223. The SMILES string of the molecule is C[Si](C)(C)CC1=CCCC(=O)CC1. The maximum Gasteiger partial charge on any atom is 0.133 e. The van der Waals surface area contributed by atoms with Crippen LogP contribution in [-0.4, -0.2) is 13.9 Å². The van der Waals surface area contributed by atoms with Crippen molar-refractivity contribution in [1.82, 2.24) is 0 Å². The standard InChI is InChI=1S/C11H20OSi/c1-13(2,3)9-10-5-4-6-11(12)8-7-10/h5H,4,6-9H2,1-3H3. The van der Waals surface area contributed by atoms with Gasteiger partial charge in [-0.25, -0.2) is 0 Å². The Morgan fingerprint density at radius 2 is 1.92 bits per heavy atom. The first kappa shape index (κ1) is 10.7. The summed E-state index contributed by atoms with van der Waals surface area (Å²) in [6.45, 7) is 7.17. The van der Waals surface area contributed by atoms with E-state index in [1.807, 2.05) is 0 Å². The summed E-state index contributed by atoms with van der Waals surface area (Å²) in [6.07, 6.45) is 5.89. The lowest BCUT2D eigenvalue weighted by Gasteiger charge is -2.17. The first-order valence-corrected chi connectivity index (χ1v) is 8.88. The molecule has 0 aliphatic heterocycles. The fourth-order valence-corrected chi connectivity index (χ4v) is 3.49. The molecule has 1 rings (SSSR count). The predicted octanol–water partition coefficient (Wildman–Crippen LogP) is 3.39. The molecule has 0 atom stereocenters. The van der Waals surface area contributed by atoms with Crippen LogP contribution in [0.25, 0.3) is 0 Å². The number of rotatable bonds is 2. The lowest BCUT2D eigenvalue weighted by molar-refractivity contribution is -0.118. The van der Waals surface area contributed by atoms with Crippen LogP contribution in [-0.2, 0) is 4.79 Å². The first-order chi connectivity index (χ1) is 5.97. The van der Waals surface area contributed by atoms with Gasteiger partial charge in [-0.1, -0.05) is 31.3 Å². The van der Waals surface area contributed by atoms with Crippen LogP contribution >= 0.6 is 0 Å². The maximum absolute atomic E-state index is 11.2. The third-order valence-corrected chi connectivity index (χ3v) is 3.85. The Kier molecular flexibility index (Phi) is 3.48. The average molecular weight is 196 g/mol. The van der Waals surface area contributed by atoms with Crippen molar-refractivity contribution >= 4 is 13.9 Å². The van der Waals surface area contributed by atoms with Crippen LogP contribution < -0.4 is 0 Å². The summed E-state index contributed by atoms with van der Waals surface area (Å²) in [5.74, 6) is 0.446. The highest BCUT2D eigenvalue weighted by Crippen LogP contribution is 2.23. The molecule has 13 heavy (non-hydrogen) atoms. The molecule has 1 nitrogen and oxygen atoms in total. The molecule has 0 aromatic heterocycles. The molecule has 0 spiro atoms. The van der Waals surface area contributed by atoms with Crippen molar-refractivity contribution in [3.05, 3.63) is 11.6 Å². The Morgan fingerprint density at radius 1 is 1.23 bits per heavy atom. The lowest BCUT2D eigenvalue weighted by Crippen LogP contribution is -2.19. The van der Waals surface area contributed by atoms with Gasteiger partial charge in [0.15, 0.2) is 0 Å². The normalized spacial score (nSPS) is 19.6. The maximum atomic E-state index is 11.2. The van der Waals surface area contributed by atoms with E-state index >= 15 is 0 Å². The molecule has 1 aliphatic carbocycles. The minimum atomic E-state index is -0.969. The number of ketones is 1. The molecule has 0 aromatic rings. The summed E-state index contributed by atoms with van der Waals surface area (Å²) in [6, 6.07) is 1.28. The minimum absolute atomic E-state index is 0.446. The van der Waals surface area contributed by atoms with Crippen molar-refractivity contribution in [3.63, 3.8) is 0 Å². The summed E-state index contributed by atoms with van der Waals surface area (Å²) in [4.78, 5) is 11.2. The minimum Gasteiger partial charge on any atom is -0.300 e. The van der Waals surface area contributed by atoms with E-state index < -0.39 is 8.07 Å². The molecule has 0 aromatic carbocycles. The van der Waals surface area contributed by atoms with E-state index in [2.05, 4.69) is 25.7 Å². The van der Waals surface area contributed by atoms with Crippen LogP contribution in [0.5, 0.6) is 0 Å². The van der Waals surface area contributed by atoms with Gasteiger partial charge in [0, 0.05) is 20.9 Å². The zero-order valence-corrected chi connectivity index (χ0v) is 10.0. The van der Waals surface area contributed by atoms with Gasteiger partial charge in [0.1, 0.15) is 5.78 Å². The van der Waals surface area contributed by atoms with Crippen molar-refractivity contribution in [2.24, 2.45) is 0 Å². The summed E-state index contributed by atoms with van der Waals surface area (Å²) in [5, 5.41) is 0. The van der Waals surface area contributed by atoms with Gasteiger partial charge in [-0.05, 0) is 18.9 Å². The average Bonchev–Trinajstić information content (AvgIpc) is 2.12. The van der Waals surface area contributed by atoms with Gasteiger partial charge in [0.2, 0.25) is 0 Å². The molecule has 0 radical (unpaired) electrons. The van der Waals surface area contributed by atoms with Crippen LogP contribution in [0.3, 0.4) is 0 Å². The van der Waals surface area contributed by atoms with Crippen LogP contribution in [0, 0.1) is 0 Å². The van der Waals surface area contributed by atoms with Gasteiger partial charge in [0.05, 0.1) is 0 Å². The van der Waals surface area contributed by atoms with Crippen LogP contribution in [0.1, 0.15) is 25.7 Å². The van der Waals surface area contributed by atoms with E-state index in [1.54, 1.807) is 5.57 Å². The molecule has 0 fully saturated rings. The zero-order valence-electron chi connectivity index (χ0n) is 9.02. The van der Waals surface area contributed by atoms with Crippen molar-refractivity contribution in [2.75, 3.05) is 0 Å². The van der Waals surface area contributed by atoms with Crippen LogP contribution in [0.4, 0.5) is 0 Å². The molecule has 0 amide bonds. The van der Waals surface area contributed by atoms with Gasteiger partial charge in [-0.2, -0.15) is 0 Å². The van der Waals surface area contributed by atoms with E-state index in [0.717, 1.165) is 25.7 Å². The fourth-order valence-electron chi connectivity index (χ4n) is 1.81. The van der Waals surface area contributed by atoms with Gasteiger partial charge in [0.25, 0.3) is 0 Å². The highest BCUT2D eigenvalue weighted by Gasteiger charge is 2.17. The molecule has 74 valence electrons.